The third-order valence-corrected chi connectivity index (χ3v) is 6.70. The number of esters is 1. The minimum absolute atomic E-state index is 0.0298. The largest absolute Gasteiger partial charge is 0.465 e. The third-order valence-electron chi connectivity index (χ3n) is 6.47. The van der Waals surface area contributed by atoms with E-state index in [1.807, 2.05) is 4.90 Å². The van der Waals surface area contributed by atoms with Crippen LogP contribution in [-0.2, 0) is 11.3 Å². The molecule has 3 aromatic carbocycles. The summed E-state index contributed by atoms with van der Waals surface area (Å²) in [5.74, 6) is -1.56. The Hall–Kier alpha value is -3.91. The summed E-state index contributed by atoms with van der Waals surface area (Å²) in [4.78, 5) is 40.1. The maximum absolute atomic E-state index is 15.1. The number of halogens is 2. The second-order valence-electron chi connectivity index (χ2n) is 8.65. The fourth-order valence-corrected chi connectivity index (χ4v) is 4.80. The molecule has 0 spiro atoms. The van der Waals surface area contributed by atoms with Gasteiger partial charge in [-0.15, -0.1) is 0 Å². The van der Waals surface area contributed by atoms with Crippen LogP contribution in [0, 0.1) is 5.82 Å². The summed E-state index contributed by atoms with van der Waals surface area (Å²) < 4.78 is 22.7. The van der Waals surface area contributed by atoms with E-state index in [1.165, 1.54) is 28.4 Å². The van der Waals surface area contributed by atoms with Crippen molar-refractivity contribution >= 4 is 34.5 Å². The van der Waals surface area contributed by atoms with Crippen molar-refractivity contribution in [3.63, 3.8) is 0 Å². The number of hydrogen-bond donors (Lipinski definition) is 0. The average Bonchev–Trinajstić information content (AvgIpc) is 3.51. The van der Waals surface area contributed by atoms with Gasteiger partial charge in [0.2, 0.25) is 0 Å². The predicted molar refractivity (Wildman–Crippen MR) is 135 cm³/mol. The number of carbonyl (C=O) groups excluding carboxylic acids is 2. The fourth-order valence-electron chi connectivity index (χ4n) is 4.63. The first-order valence-electron chi connectivity index (χ1n) is 11.6. The lowest BCUT2D eigenvalue weighted by molar-refractivity contribution is 0.0595. The van der Waals surface area contributed by atoms with E-state index in [0.717, 1.165) is 25.9 Å². The quantitative estimate of drug-likeness (QED) is 0.368. The van der Waals surface area contributed by atoms with Gasteiger partial charge >= 0.3 is 11.7 Å². The molecule has 7 nitrogen and oxygen atoms in total. The number of nitrogens with zero attached hydrogens (tertiary/aromatic N) is 3. The number of ether oxygens (including phenoxy) is 1. The van der Waals surface area contributed by atoms with Gasteiger partial charge in [-0.25, -0.2) is 14.0 Å². The minimum Gasteiger partial charge on any atom is -0.465 e. The molecule has 1 aliphatic rings. The molecule has 1 saturated heterocycles. The van der Waals surface area contributed by atoms with Crippen molar-refractivity contribution in [2.24, 2.45) is 0 Å². The Morgan fingerprint density at radius 2 is 1.72 bits per heavy atom. The summed E-state index contributed by atoms with van der Waals surface area (Å²) in [7, 11) is 1.18. The third kappa shape index (κ3) is 4.18. The van der Waals surface area contributed by atoms with Crippen molar-refractivity contribution < 1.29 is 18.7 Å². The summed E-state index contributed by atoms with van der Waals surface area (Å²) in [6, 6.07) is 16.3. The molecule has 1 amide bonds. The van der Waals surface area contributed by atoms with E-state index in [4.69, 9.17) is 11.6 Å². The molecule has 1 fully saturated rings. The van der Waals surface area contributed by atoms with Crippen LogP contribution >= 0.6 is 11.6 Å². The lowest BCUT2D eigenvalue weighted by Gasteiger charge is -2.15. The Labute approximate surface area is 211 Å². The van der Waals surface area contributed by atoms with Crippen LogP contribution in [0.4, 0.5) is 4.39 Å². The zero-order valence-electron chi connectivity index (χ0n) is 19.5. The maximum atomic E-state index is 15.1. The normalized spacial score (nSPS) is 13.4. The Bertz CT molecular complexity index is 1540. The second-order valence-corrected chi connectivity index (χ2v) is 9.09. The van der Waals surface area contributed by atoms with E-state index >= 15 is 4.39 Å². The van der Waals surface area contributed by atoms with Gasteiger partial charge in [0.1, 0.15) is 5.82 Å². The first-order chi connectivity index (χ1) is 17.4. The van der Waals surface area contributed by atoms with Gasteiger partial charge in [-0.3, -0.25) is 13.9 Å². The number of likely N-dealkylation sites (tertiary alicyclic amines) is 1. The molecule has 0 unspecified atom stereocenters. The van der Waals surface area contributed by atoms with Gasteiger partial charge in [-0.2, -0.15) is 0 Å². The van der Waals surface area contributed by atoms with Crippen LogP contribution in [0.2, 0.25) is 5.02 Å². The summed E-state index contributed by atoms with van der Waals surface area (Å²) >= 11 is 6.25. The Morgan fingerprint density at radius 1 is 1.00 bits per heavy atom. The van der Waals surface area contributed by atoms with Gasteiger partial charge in [-0.05, 0) is 61.4 Å². The highest BCUT2D eigenvalue weighted by molar-refractivity contribution is 6.31. The molecule has 0 atom stereocenters. The van der Waals surface area contributed by atoms with Crippen molar-refractivity contribution in [1.82, 2.24) is 14.0 Å². The van der Waals surface area contributed by atoms with Crippen LogP contribution in [0.25, 0.3) is 16.7 Å². The lowest BCUT2D eigenvalue weighted by Crippen LogP contribution is -2.27. The molecule has 9 heteroatoms. The number of imidazole rings is 1. The number of hydrogen-bond acceptors (Lipinski definition) is 4. The SMILES string of the molecule is COC(=O)c1cccc(Cn2c(=O)n(-c3ccc(C(=O)N4CCCC4)cc3)c3cc(Cl)ccc32)c1F. The van der Waals surface area contributed by atoms with Crippen LogP contribution in [-0.4, -0.2) is 46.1 Å². The van der Waals surface area contributed by atoms with Crippen LogP contribution in [0.3, 0.4) is 0 Å². The molecule has 36 heavy (non-hydrogen) atoms. The van der Waals surface area contributed by atoms with Gasteiger partial charge in [0, 0.05) is 29.2 Å². The monoisotopic (exact) mass is 507 g/mol. The van der Waals surface area contributed by atoms with E-state index in [0.29, 0.717) is 27.3 Å². The molecular formula is C27H23ClFN3O4. The second kappa shape index (κ2) is 9.62. The molecule has 4 aromatic rings. The van der Waals surface area contributed by atoms with Crippen molar-refractivity contribution in [3.05, 3.63) is 98.7 Å². The van der Waals surface area contributed by atoms with Crippen molar-refractivity contribution in [2.75, 3.05) is 20.2 Å². The highest BCUT2D eigenvalue weighted by atomic mass is 35.5. The zero-order valence-corrected chi connectivity index (χ0v) is 20.3. The van der Waals surface area contributed by atoms with Gasteiger partial charge in [0.15, 0.2) is 0 Å². The van der Waals surface area contributed by atoms with Gasteiger partial charge in [0.25, 0.3) is 5.91 Å². The number of methoxy groups -OCH3 is 1. The van der Waals surface area contributed by atoms with Gasteiger partial charge in [-0.1, -0.05) is 23.7 Å². The fraction of sp³-hybridized carbons (Fsp3) is 0.222. The Balaban J connectivity index is 1.58. The van der Waals surface area contributed by atoms with Gasteiger partial charge < -0.3 is 9.64 Å². The van der Waals surface area contributed by atoms with Crippen molar-refractivity contribution in [2.45, 2.75) is 19.4 Å². The number of benzene rings is 3. The first kappa shape index (κ1) is 23.8. The molecule has 0 N–H and O–H groups in total. The van der Waals surface area contributed by atoms with E-state index in [9.17, 15) is 14.4 Å². The standard InChI is InChI=1S/C27H23ClFN3O4/c1-36-26(34)21-6-4-5-18(24(21)29)16-31-22-12-9-19(28)15-23(22)32(27(31)35)20-10-7-17(8-11-20)25(33)30-13-2-3-14-30/h4-12,15H,2-3,13-14,16H2,1H3. The Kier molecular flexibility index (Phi) is 6.36. The number of carbonyl (C=O) groups is 2. The van der Waals surface area contributed by atoms with Crippen LogP contribution < -0.4 is 5.69 Å². The van der Waals surface area contributed by atoms with E-state index in [2.05, 4.69) is 4.74 Å². The number of rotatable bonds is 5. The molecule has 1 aromatic heterocycles. The number of fused-ring (bicyclic) bond motifs is 1. The lowest BCUT2D eigenvalue weighted by atomic mass is 10.1. The van der Waals surface area contributed by atoms with E-state index in [1.54, 1.807) is 48.5 Å². The molecule has 0 bridgehead atoms. The summed E-state index contributed by atoms with van der Waals surface area (Å²) in [6.45, 7) is 1.39. The number of amides is 1. The molecule has 0 saturated carbocycles. The molecular weight excluding hydrogens is 485 g/mol. The smallest absolute Gasteiger partial charge is 0.340 e. The van der Waals surface area contributed by atoms with Crippen molar-refractivity contribution in [3.8, 4) is 5.69 Å². The maximum Gasteiger partial charge on any atom is 0.340 e. The first-order valence-corrected chi connectivity index (χ1v) is 11.9. The van der Waals surface area contributed by atoms with Crippen LogP contribution in [0.1, 0.15) is 39.1 Å². The summed E-state index contributed by atoms with van der Waals surface area (Å²) in [5.41, 5.74) is 1.74. The number of aromatic nitrogens is 2. The molecule has 184 valence electrons. The Morgan fingerprint density at radius 3 is 2.42 bits per heavy atom. The molecule has 2 heterocycles. The molecule has 1 aliphatic heterocycles. The van der Waals surface area contributed by atoms with E-state index < -0.39 is 17.5 Å². The minimum atomic E-state index is -0.792. The highest BCUT2D eigenvalue weighted by Gasteiger charge is 2.22. The van der Waals surface area contributed by atoms with Gasteiger partial charge in [0.05, 0.1) is 35.9 Å². The average molecular weight is 508 g/mol. The summed E-state index contributed by atoms with van der Waals surface area (Å²) in [5, 5.41) is 0.438. The summed E-state index contributed by atoms with van der Waals surface area (Å²) in [6.07, 6.45) is 2.01. The zero-order chi connectivity index (χ0) is 25.4. The highest BCUT2D eigenvalue weighted by Crippen LogP contribution is 2.24. The molecule has 0 radical (unpaired) electrons. The van der Waals surface area contributed by atoms with Crippen molar-refractivity contribution in [1.29, 1.82) is 0 Å². The molecule has 5 rings (SSSR count). The van der Waals surface area contributed by atoms with Crippen LogP contribution in [0.5, 0.6) is 0 Å². The topological polar surface area (TPSA) is 73.5 Å². The van der Waals surface area contributed by atoms with E-state index in [-0.39, 0.29) is 23.6 Å². The van der Waals surface area contributed by atoms with Crippen LogP contribution in [0.15, 0.2) is 65.5 Å². The molecule has 0 aliphatic carbocycles. The predicted octanol–water partition coefficient (Wildman–Crippen LogP) is 4.66.